The van der Waals surface area contributed by atoms with Crippen molar-refractivity contribution in [1.29, 1.82) is 0 Å². The van der Waals surface area contributed by atoms with Crippen molar-refractivity contribution in [3.8, 4) is 0 Å². The topological polar surface area (TPSA) is 71.2 Å². The van der Waals surface area contributed by atoms with Gasteiger partial charge in [-0.2, -0.15) is 4.37 Å². The quantitative estimate of drug-likeness (QED) is 0.773. The molecule has 7 heteroatoms. The SMILES string of the molecule is CCN(CC)C(=O)CNc1snc(N)c1SC. The molecule has 1 rings (SSSR count). The van der Waals surface area contributed by atoms with E-state index >= 15 is 0 Å². The first-order chi connectivity index (χ1) is 8.13. The molecule has 96 valence electrons. The predicted octanol–water partition coefficient (Wildman–Crippen LogP) is 1.73. The molecule has 1 aromatic heterocycles. The molecule has 0 fully saturated rings. The Hall–Kier alpha value is -0.950. The lowest BCUT2D eigenvalue weighted by Gasteiger charge is -2.18. The van der Waals surface area contributed by atoms with E-state index in [9.17, 15) is 4.79 Å². The Labute approximate surface area is 110 Å². The van der Waals surface area contributed by atoms with E-state index in [-0.39, 0.29) is 12.5 Å². The summed E-state index contributed by atoms with van der Waals surface area (Å²) in [6.45, 7) is 5.70. The zero-order valence-electron chi connectivity index (χ0n) is 10.3. The molecule has 0 aromatic carbocycles. The first kappa shape index (κ1) is 14.1. The summed E-state index contributed by atoms with van der Waals surface area (Å²) in [4.78, 5) is 14.5. The predicted molar refractivity (Wildman–Crippen MR) is 74.7 cm³/mol. The monoisotopic (exact) mass is 274 g/mol. The fourth-order valence-corrected chi connectivity index (χ4v) is 2.98. The van der Waals surface area contributed by atoms with E-state index in [1.165, 1.54) is 23.3 Å². The lowest BCUT2D eigenvalue weighted by Crippen LogP contribution is -2.35. The zero-order chi connectivity index (χ0) is 12.8. The fourth-order valence-electron chi connectivity index (χ4n) is 1.45. The molecule has 0 atom stereocenters. The average Bonchev–Trinajstić information content (AvgIpc) is 2.68. The Morgan fingerprint density at radius 3 is 2.71 bits per heavy atom. The van der Waals surface area contributed by atoms with Crippen LogP contribution in [0.1, 0.15) is 13.8 Å². The number of hydrogen-bond acceptors (Lipinski definition) is 6. The van der Waals surface area contributed by atoms with E-state index in [1.807, 2.05) is 20.1 Å². The third-order valence-corrected chi connectivity index (χ3v) is 4.16. The van der Waals surface area contributed by atoms with Gasteiger partial charge in [-0.25, -0.2) is 0 Å². The van der Waals surface area contributed by atoms with Gasteiger partial charge in [-0.05, 0) is 31.6 Å². The number of nitrogen functional groups attached to an aromatic ring is 1. The van der Waals surface area contributed by atoms with Crippen LogP contribution in [0.15, 0.2) is 4.90 Å². The minimum Gasteiger partial charge on any atom is -0.382 e. The highest BCUT2D eigenvalue weighted by molar-refractivity contribution is 7.99. The van der Waals surface area contributed by atoms with Crippen LogP contribution in [0, 0.1) is 0 Å². The molecular formula is C10H18N4OS2. The first-order valence-corrected chi connectivity index (χ1v) is 7.44. The molecule has 1 aromatic rings. The van der Waals surface area contributed by atoms with Gasteiger partial charge in [-0.1, -0.05) is 0 Å². The lowest BCUT2D eigenvalue weighted by atomic mass is 10.4. The molecular weight excluding hydrogens is 256 g/mol. The van der Waals surface area contributed by atoms with Gasteiger partial charge in [0.2, 0.25) is 5.91 Å². The summed E-state index contributed by atoms with van der Waals surface area (Å²) >= 11 is 2.83. The van der Waals surface area contributed by atoms with E-state index in [0.29, 0.717) is 5.82 Å². The number of hydrogen-bond donors (Lipinski definition) is 2. The minimum absolute atomic E-state index is 0.0917. The van der Waals surface area contributed by atoms with Crippen molar-refractivity contribution in [3.05, 3.63) is 0 Å². The van der Waals surface area contributed by atoms with E-state index in [2.05, 4.69) is 9.69 Å². The van der Waals surface area contributed by atoms with Gasteiger partial charge in [0, 0.05) is 13.1 Å². The summed E-state index contributed by atoms with van der Waals surface area (Å²) in [6, 6.07) is 0. The van der Waals surface area contributed by atoms with Crippen molar-refractivity contribution in [2.24, 2.45) is 0 Å². The van der Waals surface area contributed by atoms with Gasteiger partial charge in [-0.15, -0.1) is 11.8 Å². The van der Waals surface area contributed by atoms with Crippen LogP contribution >= 0.6 is 23.3 Å². The van der Waals surface area contributed by atoms with Crippen LogP contribution in [0.2, 0.25) is 0 Å². The number of aromatic nitrogens is 1. The number of amides is 1. The number of anilines is 2. The van der Waals surface area contributed by atoms with Gasteiger partial charge >= 0.3 is 0 Å². The smallest absolute Gasteiger partial charge is 0.241 e. The molecule has 0 unspecified atom stereocenters. The van der Waals surface area contributed by atoms with Crippen LogP contribution in [-0.4, -0.2) is 41.1 Å². The molecule has 0 spiro atoms. The molecule has 0 saturated heterocycles. The number of thioether (sulfide) groups is 1. The number of nitrogens with zero attached hydrogens (tertiary/aromatic N) is 2. The molecule has 0 aliphatic heterocycles. The number of rotatable bonds is 6. The fraction of sp³-hybridized carbons (Fsp3) is 0.600. The maximum atomic E-state index is 11.8. The molecule has 1 amide bonds. The van der Waals surface area contributed by atoms with E-state index in [0.717, 1.165) is 23.0 Å². The highest BCUT2D eigenvalue weighted by Crippen LogP contribution is 2.34. The van der Waals surface area contributed by atoms with Crippen molar-refractivity contribution in [3.63, 3.8) is 0 Å². The highest BCUT2D eigenvalue weighted by atomic mass is 32.2. The Bertz CT molecular complexity index is 376. The maximum Gasteiger partial charge on any atom is 0.241 e. The van der Waals surface area contributed by atoms with Gasteiger partial charge in [0.1, 0.15) is 5.00 Å². The number of nitrogens with two attached hydrogens (primary N) is 1. The second kappa shape index (κ2) is 6.70. The summed E-state index contributed by atoms with van der Waals surface area (Å²) in [5.41, 5.74) is 5.71. The van der Waals surface area contributed by atoms with Crippen molar-refractivity contribution in [2.75, 3.05) is 36.9 Å². The molecule has 0 bridgehead atoms. The van der Waals surface area contributed by atoms with Crippen LogP contribution in [0.4, 0.5) is 10.8 Å². The van der Waals surface area contributed by atoms with E-state index in [4.69, 9.17) is 5.73 Å². The van der Waals surface area contributed by atoms with Crippen LogP contribution in [0.25, 0.3) is 0 Å². The van der Waals surface area contributed by atoms with Crippen molar-refractivity contribution >= 4 is 40.0 Å². The Morgan fingerprint density at radius 2 is 2.18 bits per heavy atom. The molecule has 17 heavy (non-hydrogen) atoms. The molecule has 1 heterocycles. The number of carbonyl (C=O) groups excluding carboxylic acids is 1. The minimum atomic E-state index is 0.0917. The van der Waals surface area contributed by atoms with Gasteiger partial charge in [0.15, 0.2) is 5.82 Å². The van der Waals surface area contributed by atoms with E-state index < -0.39 is 0 Å². The molecule has 0 aliphatic carbocycles. The van der Waals surface area contributed by atoms with Crippen molar-refractivity contribution in [2.45, 2.75) is 18.7 Å². The molecule has 0 aliphatic rings. The summed E-state index contributed by atoms with van der Waals surface area (Å²) < 4.78 is 4.06. The van der Waals surface area contributed by atoms with Crippen LogP contribution in [0.5, 0.6) is 0 Å². The van der Waals surface area contributed by atoms with Crippen LogP contribution < -0.4 is 11.1 Å². The molecule has 5 nitrogen and oxygen atoms in total. The number of likely N-dealkylation sites (N-methyl/N-ethyl adjacent to an activating group) is 1. The average molecular weight is 274 g/mol. The van der Waals surface area contributed by atoms with Crippen LogP contribution in [-0.2, 0) is 4.79 Å². The van der Waals surface area contributed by atoms with Gasteiger partial charge in [-0.3, -0.25) is 4.79 Å². The summed E-state index contributed by atoms with van der Waals surface area (Å²) in [7, 11) is 0. The van der Waals surface area contributed by atoms with Gasteiger partial charge in [0.05, 0.1) is 11.4 Å². The van der Waals surface area contributed by atoms with Crippen molar-refractivity contribution < 1.29 is 4.79 Å². The number of nitrogens with one attached hydrogen (secondary N) is 1. The third-order valence-electron chi connectivity index (χ3n) is 2.39. The normalized spacial score (nSPS) is 10.3. The maximum absolute atomic E-state index is 11.8. The largest absolute Gasteiger partial charge is 0.382 e. The standard InChI is InChI=1S/C10H18N4OS2/c1-4-14(5-2)7(15)6-12-10-8(16-3)9(11)13-17-10/h12H,4-6H2,1-3H3,(H2,11,13). The van der Waals surface area contributed by atoms with Gasteiger partial charge in [0.25, 0.3) is 0 Å². The lowest BCUT2D eigenvalue weighted by molar-refractivity contribution is -0.128. The summed E-state index contributed by atoms with van der Waals surface area (Å²) in [6.07, 6.45) is 1.94. The molecule has 0 saturated carbocycles. The Balaban J connectivity index is 2.58. The summed E-state index contributed by atoms with van der Waals surface area (Å²) in [5, 5.41) is 3.97. The summed E-state index contributed by atoms with van der Waals surface area (Å²) in [5.74, 6) is 0.620. The van der Waals surface area contributed by atoms with Crippen molar-refractivity contribution in [1.82, 2.24) is 9.27 Å². The first-order valence-electron chi connectivity index (χ1n) is 5.44. The highest BCUT2D eigenvalue weighted by Gasteiger charge is 2.13. The third kappa shape index (κ3) is 3.50. The Morgan fingerprint density at radius 1 is 1.53 bits per heavy atom. The molecule has 3 N–H and O–H groups in total. The zero-order valence-corrected chi connectivity index (χ0v) is 12.0. The second-order valence-corrected chi connectivity index (χ2v) is 4.94. The molecule has 0 radical (unpaired) electrons. The van der Waals surface area contributed by atoms with E-state index in [1.54, 1.807) is 4.90 Å². The Kier molecular flexibility index (Phi) is 5.57. The number of carbonyl (C=O) groups is 1. The second-order valence-electron chi connectivity index (χ2n) is 3.35. The van der Waals surface area contributed by atoms with Gasteiger partial charge < -0.3 is 16.0 Å². The van der Waals surface area contributed by atoms with Crippen LogP contribution in [0.3, 0.4) is 0 Å².